The van der Waals surface area contributed by atoms with E-state index in [1.165, 1.54) is 0 Å². The molecule has 2 atom stereocenters. The van der Waals surface area contributed by atoms with E-state index in [4.69, 9.17) is 15.3 Å². The number of aliphatic hydroxyl groups is 2. The van der Waals surface area contributed by atoms with Crippen LogP contribution in [-0.4, -0.2) is 47.2 Å². The molecule has 4 N–H and O–H groups in total. The Morgan fingerprint density at radius 3 is 2.27 bits per heavy atom. The smallest absolute Gasteiger partial charge is 0.357 e. The van der Waals surface area contributed by atoms with Gasteiger partial charge in [0.2, 0.25) is 0 Å². The molecule has 0 fully saturated rings. The van der Waals surface area contributed by atoms with Crippen molar-refractivity contribution < 1.29 is 30.0 Å². The number of hydrogen-bond donors (Lipinski definition) is 4. The highest BCUT2D eigenvalue weighted by Crippen LogP contribution is 2.19. The largest absolute Gasteiger partial charge is 0.479 e. The van der Waals surface area contributed by atoms with Crippen LogP contribution in [0, 0.1) is 0 Å². The first-order valence-corrected chi connectivity index (χ1v) is 4.33. The fourth-order valence-corrected chi connectivity index (χ4v) is 1.40. The van der Waals surface area contributed by atoms with Gasteiger partial charge in [0.15, 0.2) is 11.8 Å². The Hall–Kier alpha value is -1.58. The molecule has 0 saturated heterocycles. The zero-order chi connectivity index (χ0) is 11.6. The van der Waals surface area contributed by atoms with Gasteiger partial charge in [0.1, 0.15) is 11.8 Å². The molecule has 0 aliphatic rings. The first-order chi connectivity index (χ1) is 6.95. The monoisotopic (exact) mass is 234 g/mol. The number of nitrogens with zero attached hydrogens (tertiary/aromatic N) is 2. The second-order valence-electron chi connectivity index (χ2n) is 2.53. The highest BCUT2D eigenvalue weighted by atomic mass is 32.1. The Bertz CT molecular complexity index is 391. The Morgan fingerprint density at radius 2 is 1.80 bits per heavy atom. The SMILES string of the molecule is O=C(O)c1nsnc1C(O)C(O)C(=O)O. The standard InChI is InChI=1S/C6H6N2O6S/c9-3(4(10)6(13)14)1-2(5(11)12)8-15-7-1/h3-4,9-10H,(H,11,12)(H,13,14). The lowest BCUT2D eigenvalue weighted by Crippen LogP contribution is -2.28. The number of carboxylic acid groups (broad SMARTS) is 2. The molecule has 0 amide bonds. The molecule has 82 valence electrons. The number of carbonyl (C=O) groups is 2. The Labute approximate surface area is 86.8 Å². The second-order valence-corrected chi connectivity index (χ2v) is 3.06. The third-order valence-corrected chi connectivity index (χ3v) is 2.09. The molecule has 0 aliphatic carbocycles. The van der Waals surface area contributed by atoms with E-state index in [0.29, 0.717) is 11.7 Å². The van der Waals surface area contributed by atoms with Gasteiger partial charge in [-0.15, -0.1) is 0 Å². The van der Waals surface area contributed by atoms with E-state index in [0.717, 1.165) is 0 Å². The fourth-order valence-electron chi connectivity index (χ4n) is 0.822. The second kappa shape index (κ2) is 4.29. The van der Waals surface area contributed by atoms with E-state index in [9.17, 15) is 14.7 Å². The summed E-state index contributed by atoms with van der Waals surface area (Å²) in [5.74, 6) is -3.12. The van der Waals surface area contributed by atoms with E-state index >= 15 is 0 Å². The summed E-state index contributed by atoms with van der Waals surface area (Å²) in [5.41, 5.74) is -1.02. The minimum absolute atomic E-state index is 0.456. The van der Waals surface area contributed by atoms with Gasteiger partial charge in [-0.3, -0.25) is 0 Å². The number of aromatic carboxylic acids is 1. The lowest BCUT2D eigenvalue weighted by molar-refractivity contribution is -0.153. The van der Waals surface area contributed by atoms with E-state index in [1.54, 1.807) is 0 Å². The lowest BCUT2D eigenvalue weighted by atomic mass is 10.1. The van der Waals surface area contributed by atoms with Crippen LogP contribution in [0.3, 0.4) is 0 Å². The number of hydrogen-bond acceptors (Lipinski definition) is 7. The summed E-state index contributed by atoms with van der Waals surface area (Å²) in [6, 6.07) is 0. The summed E-state index contributed by atoms with van der Waals surface area (Å²) < 4.78 is 6.76. The predicted octanol–water partition coefficient (Wildman–Crippen LogP) is -1.28. The Balaban J connectivity index is 3.00. The van der Waals surface area contributed by atoms with Gasteiger partial charge in [-0.05, 0) is 0 Å². The number of aliphatic carboxylic acids is 1. The van der Waals surface area contributed by atoms with Gasteiger partial charge in [0.05, 0.1) is 11.7 Å². The molecule has 0 spiro atoms. The molecule has 0 aliphatic heterocycles. The van der Waals surface area contributed by atoms with Crippen molar-refractivity contribution in [1.82, 2.24) is 8.75 Å². The van der Waals surface area contributed by atoms with Gasteiger partial charge in [-0.2, -0.15) is 8.75 Å². The zero-order valence-electron chi connectivity index (χ0n) is 7.06. The van der Waals surface area contributed by atoms with E-state index in [1.807, 2.05) is 0 Å². The van der Waals surface area contributed by atoms with Gasteiger partial charge in [0, 0.05) is 0 Å². The molecule has 1 heterocycles. The van der Waals surface area contributed by atoms with Gasteiger partial charge in [0.25, 0.3) is 0 Å². The van der Waals surface area contributed by atoms with Crippen LogP contribution in [0.1, 0.15) is 22.3 Å². The minimum atomic E-state index is -2.13. The minimum Gasteiger partial charge on any atom is -0.479 e. The summed E-state index contributed by atoms with van der Waals surface area (Å²) in [7, 11) is 0. The van der Waals surface area contributed by atoms with Crippen molar-refractivity contribution >= 4 is 23.7 Å². The highest BCUT2D eigenvalue weighted by molar-refractivity contribution is 6.99. The first kappa shape index (κ1) is 11.5. The molecular formula is C6H6N2O6S. The molecule has 15 heavy (non-hydrogen) atoms. The van der Waals surface area contributed by atoms with Gasteiger partial charge in [-0.25, -0.2) is 9.59 Å². The molecular weight excluding hydrogens is 228 g/mol. The normalized spacial score (nSPS) is 14.5. The van der Waals surface area contributed by atoms with Crippen molar-refractivity contribution in [3.63, 3.8) is 0 Å². The van der Waals surface area contributed by atoms with Crippen LogP contribution >= 0.6 is 11.7 Å². The van der Waals surface area contributed by atoms with Crippen LogP contribution in [0.4, 0.5) is 0 Å². The van der Waals surface area contributed by atoms with Crippen molar-refractivity contribution in [2.24, 2.45) is 0 Å². The summed E-state index contributed by atoms with van der Waals surface area (Å²) in [4.78, 5) is 20.9. The number of aliphatic hydroxyl groups excluding tert-OH is 2. The topological polar surface area (TPSA) is 141 Å². The molecule has 2 unspecified atom stereocenters. The van der Waals surface area contributed by atoms with Crippen LogP contribution < -0.4 is 0 Å². The predicted molar refractivity (Wildman–Crippen MR) is 45.5 cm³/mol. The third-order valence-electron chi connectivity index (χ3n) is 1.55. The molecule has 9 heteroatoms. The van der Waals surface area contributed by atoms with Crippen molar-refractivity contribution in [1.29, 1.82) is 0 Å². The number of rotatable bonds is 4. The van der Waals surface area contributed by atoms with Crippen LogP contribution in [0.2, 0.25) is 0 Å². The van der Waals surface area contributed by atoms with Crippen molar-refractivity contribution in [2.45, 2.75) is 12.2 Å². The summed E-state index contributed by atoms with van der Waals surface area (Å²) in [6.07, 6.45) is -4.04. The number of carboxylic acids is 2. The van der Waals surface area contributed by atoms with Crippen molar-refractivity contribution in [3.05, 3.63) is 11.4 Å². The van der Waals surface area contributed by atoms with Crippen LogP contribution in [-0.2, 0) is 4.79 Å². The molecule has 0 aromatic carbocycles. The maximum absolute atomic E-state index is 10.5. The Kier molecular flexibility index (Phi) is 3.29. The Morgan fingerprint density at radius 1 is 1.20 bits per heavy atom. The third kappa shape index (κ3) is 2.26. The van der Waals surface area contributed by atoms with Gasteiger partial charge < -0.3 is 20.4 Å². The molecule has 1 aromatic rings. The van der Waals surface area contributed by atoms with Crippen molar-refractivity contribution in [3.8, 4) is 0 Å². The lowest BCUT2D eigenvalue weighted by Gasteiger charge is -2.11. The maximum Gasteiger partial charge on any atom is 0.357 e. The van der Waals surface area contributed by atoms with E-state index < -0.39 is 35.5 Å². The van der Waals surface area contributed by atoms with Crippen molar-refractivity contribution in [2.75, 3.05) is 0 Å². The van der Waals surface area contributed by atoms with Crippen LogP contribution in [0.15, 0.2) is 0 Å². The maximum atomic E-state index is 10.5. The van der Waals surface area contributed by atoms with Gasteiger partial charge in [-0.1, -0.05) is 0 Å². The van der Waals surface area contributed by atoms with E-state index in [2.05, 4.69) is 8.75 Å². The summed E-state index contributed by atoms with van der Waals surface area (Å²) in [6.45, 7) is 0. The fraction of sp³-hybridized carbons (Fsp3) is 0.333. The molecule has 1 aromatic heterocycles. The average Bonchev–Trinajstić information content (AvgIpc) is 2.63. The zero-order valence-corrected chi connectivity index (χ0v) is 7.88. The highest BCUT2D eigenvalue weighted by Gasteiger charge is 2.31. The van der Waals surface area contributed by atoms with Gasteiger partial charge >= 0.3 is 11.9 Å². The summed E-state index contributed by atoms with van der Waals surface area (Å²) >= 11 is 0.507. The molecule has 1 rings (SSSR count). The molecule has 0 bridgehead atoms. The molecule has 0 saturated carbocycles. The van der Waals surface area contributed by atoms with Crippen LogP contribution in [0.5, 0.6) is 0 Å². The summed E-state index contributed by atoms with van der Waals surface area (Å²) in [5, 5.41) is 35.2. The first-order valence-electron chi connectivity index (χ1n) is 3.59. The quantitative estimate of drug-likeness (QED) is 0.504. The molecule has 0 radical (unpaired) electrons. The van der Waals surface area contributed by atoms with Crippen LogP contribution in [0.25, 0.3) is 0 Å². The molecule has 8 nitrogen and oxygen atoms in total. The number of aromatic nitrogens is 2. The average molecular weight is 234 g/mol. The van der Waals surface area contributed by atoms with E-state index in [-0.39, 0.29) is 0 Å².